The van der Waals surface area contributed by atoms with Gasteiger partial charge in [0.25, 0.3) is 0 Å². The lowest BCUT2D eigenvalue weighted by molar-refractivity contribution is 0.325. The number of hydrogen-bond acceptors (Lipinski definition) is 6. The maximum atomic E-state index is 5.24. The van der Waals surface area contributed by atoms with Gasteiger partial charge < -0.3 is 14.3 Å². The van der Waals surface area contributed by atoms with E-state index in [1.165, 1.54) is 0 Å². The Kier molecular flexibility index (Phi) is 4.06. The van der Waals surface area contributed by atoms with Gasteiger partial charge in [-0.2, -0.15) is 10.1 Å². The van der Waals surface area contributed by atoms with Crippen LogP contribution in [-0.4, -0.2) is 26.0 Å². The molecule has 0 fully saturated rings. The zero-order chi connectivity index (χ0) is 15.5. The highest BCUT2D eigenvalue weighted by Crippen LogP contribution is 2.16. The van der Waals surface area contributed by atoms with Crippen LogP contribution in [0.15, 0.2) is 39.9 Å². The standard InChI is InChI=1S/C15H19N5O2/c1-10-6-17-20(8-10)12(3)11(2)16-7-14-18-15(19-22-14)13-4-5-21-9-13/h4-6,8-9,11-12,16H,7H2,1-3H3. The van der Waals surface area contributed by atoms with E-state index in [0.717, 1.165) is 11.1 Å². The Bertz CT molecular complexity index is 716. The molecule has 0 spiro atoms. The minimum absolute atomic E-state index is 0.212. The summed E-state index contributed by atoms with van der Waals surface area (Å²) >= 11 is 0. The van der Waals surface area contributed by atoms with Gasteiger partial charge in [-0.1, -0.05) is 5.16 Å². The van der Waals surface area contributed by atoms with Crippen LogP contribution in [0.25, 0.3) is 11.4 Å². The molecule has 0 saturated carbocycles. The molecule has 2 unspecified atom stereocenters. The van der Waals surface area contributed by atoms with E-state index in [1.807, 2.05) is 24.0 Å². The molecule has 0 radical (unpaired) electrons. The minimum Gasteiger partial charge on any atom is -0.472 e. The van der Waals surface area contributed by atoms with Gasteiger partial charge >= 0.3 is 0 Å². The predicted molar refractivity (Wildman–Crippen MR) is 80.0 cm³/mol. The molecule has 7 heteroatoms. The van der Waals surface area contributed by atoms with E-state index in [1.54, 1.807) is 18.6 Å². The fourth-order valence-electron chi connectivity index (χ4n) is 2.14. The normalized spacial score (nSPS) is 14.1. The molecule has 0 aliphatic heterocycles. The Balaban J connectivity index is 1.58. The number of aryl methyl sites for hydroxylation is 1. The molecule has 3 heterocycles. The number of furan rings is 1. The van der Waals surface area contributed by atoms with E-state index in [4.69, 9.17) is 8.94 Å². The average molecular weight is 301 g/mol. The molecule has 0 aliphatic carbocycles. The van der Waals surface area contributed by atoms with Crippen LogP contribution < -0.4 is 5.32 Å². The van der Waals surface area contributed by atoms with Crippen molar-refractivity contribution >= 4 is 0 Å². The molecule has 0 aromatic carbocycles. The second-order valence-electron chi connectivity index (χ2n) is 5.43. The molecule has 0 aliphatic rings. The highest BCUT2D eigenvalue weighted by atomic mass is 16.5. The Morgan fingerprint density at radius 2 is 2.23 bits per heavy atom. The molecule has 0 amide bonds. The van der Waals surface area contributed by atoms with Gasteiger partial charge in [0.2, 0.25) is 11.7 Å². The van der Waals surface area contributed by atoms with Gasteiger partial charge in [-0.15, -0.1) is 0 Å². The average Bonchev–Trinajstić information content (AvgIpc) is 3.24. The van der Waals surface area contributed by atoms with E-state index in [2.05, 4.69) is 34.4 Å². The first-order valence-corrected chi connectivity index (χ1v) is 7.23. The number of aromatic nitrogens is 4. The van der Waals surface area contributed by atoms with Crippen molar-refractivity contribution in [3.8, 4) is 11.4 Å². The summed E-state index contributed by atoms with van der Waals surface area (Å²) < 4.78 is 12.2. The third-order valence-electron chi connectivity index (χ3n) is 3.69. The summed E-state index contributed by atoms with van der Waals surface area (Å²) in [5, 5.41) is 11.7. The summed E-state index contributed by atoms with van der Waals surface area (Å²) in [6, 6.07) is 2.24. The van der Waals surface area contributed by atoms with Crippen molar-refractivity contribution in [1.29, 1.82) is 0 Å². The van der Waals surface area contributed by atoms with Gasteiger partial charge in [0.05, 0.1) is 30.6 Å². The molecule has 3 rings (SSSR count). The second-order valence-corrected chi connectivity index (χ2v) is 5.43. The van der Waals surface area contributed by atoms with Crippen molar-refractivity contribution in [2.24, 2.45) is 0 Å². The zero-order valence-corrected chi connectivity index (χ0v) is 12.9. The molecule has 0 bridgehead atoms. The quantitative estimate of drug-likeness (QED) is 0.753. The number of nitrogens with zero attached hydrogens (tertiary/aromatic N) is 4. The smallest absolute Gasteiger partial charge is 0.240 e. The molecule has 22 heavy (non-hydrogen) atoms. The van der Waals surface area contributed by atoms with Gasteiger partial charge in [-0.25, -0.2) is 0 Å². The summed E-state index contributed by atoms with van der Waals surface area (Å²) in [5.74, 6) is 1.08. The summed E-state index contributed by atoms with van der Waals surface area (Å²) in [6.45, 7) is 6.77. The summed E-state index contributed by atoms with van der Waals surface area (Å²) in [7, 11) is 0. The van der Waals surface area contributed by atoms with Crippen molar-refractivity contribution in [2.45, 2.75) is 39.4 Å². The van der Waals surface area contributed by atoms with Crippen molar-refractivity contribution in [2.75, 3.05) is 0 Å². The lowest BCUT2D eigenvalue weighted by atomic mass is 10.2. The Labute approximate surface area is 128 Å². The van der Waals surface area contributed by atoms with E-state index >= 15 is 0 Å². The fourth-order valence-corrected chi connectivity index (χ4v) is 2.14. The van der Waals surface area contributed by atoms with Crippen LogP contribution in [0.3, 0.4) is 0 Å². The predicted octanol–water partition coefficient (Wildman–Crippen LogP) is 2.57. The van der Waals surface area contributed by atoms with Gasteiger partial charge in [0.1, 0.15) is 6.26 Å². The molecule has 1 N–H and O–H groups in total. The molecule has 0 saturated heterocycles. The Morgan fingerprint density at radius 3 is 2.91 bits per heavy atom. The number of nitrogens with one attached hydrogen (secondary N) is 1. The summed E-state index contributed by atoms with van der Waals surface area (Å²) in [5.41, 5.74) is 1.96. The van der Waals surface area contributed by atoms with E-state index in [-0.39, 0.29) is 12.1 Å². The van der Waals surface area contributed by atoms with E-state index in [9.17, 15) is 0 Å². The summed E-state index contributed by atoms with van der Waals surface area (Å²) in [6.07, 6.45) is 7.07. The van der Waals surface area contributed by atoms with Crippen molar-refractivity contribution in [3.05, 3.63) is 42.4 Å². The number of hydrogen-bond donors (Lipinski definition) is 1. The van der Waals surface area contributed by atoms with Gasteiger partial charge in [0.15, 0.2) is 0 Å². The van der Waals surface area contributed by atoms with Crippen molar-refractivity contribution in [1.82, 2.24) is 25.2 Å². The van der Waals surface area contributed by atoms with Gasteiger partial charge in [-0.3, -0.25) is 4.68 Å². The van der Waals surface area contributed by atoms with Crippen LogP contribution >= 0.6 is 0 Å². The molecular formula is C15H19N5O2. The van der Waals surface area contributed by atoms with Crippen LogP contribution in [-0.2, 0) is 6.54 Å². The monoisotopic (exact) mass is 301 g/mol. The molecule has 3 aromatic heterocycles. The fraction of sp³-hybridized carbons (Fsp3) is 0.400. The molecular weight excluding hydrogens is 282 g/mol. The lowest BCUT2D eigenvalue weighted by Crippen LogP contribution is -2.33. The third kappa shape index (κ3) is 3.09. The van der Waals surface area contributed by atoms with Crippen LogP contribution in [0.1, 0.15) is 31.3 Å². The van der Waals surface area contributed by atoms with Crippen LogP contribution in [0.2, 0.25) is 0 Å². The topological polar surface area (TPSA) is 81.9 Å². The largest absolute Gasteiger partial charge is 0.472 e. The SMILES string of the molecule is Cc1cnn(C(C)C(C)NCc2nc(-c3ccoc3)no2)c1. The van der Waals surface area contributed by atoms with E-state index in [0.29, 0.717) is 18.3 Å². The van der Waals surface area contributed by atoms with Gasteiger partial charge in [-0.05, 0) is 32.4 Å². The van der Waals surface area contributed by atoms with Crippen molar-refractivity contribution in [3.63, 3.8) is 0 Å². The Morgan fingerprint density at radius 1 is 1.36 bits per heavy atom. The van der Waals surface area contributed by atoms with Crippen molar-refractivity contribution < 1.29 is 8.94 Å². The van der Waals surface area contributed by atoms with Crippen LogP contribution in [0.5, 0.6) is 0 Å². The summed E-state index contributed by atoms with van der Waals surface area (Å²) in [4.78, 5) is 4.34. The first kappa shape index (κ1) is 14.5. The first-order chi connectivity index (χ1) is 10.6. The molecule has 3 aromatic rings. The second kappa shape index (κ2) is 6.15. The third-order valence-corrected chi connectivity index (χ3v) is 3.69. The van der Waals surface area contributed by atoms with E-state index < -0.39 is 0 Å². The highest BCUT2D eigenvalue weighted by Gasteiger charge is 2.16. The molecule has 116 valence electrons. The first-order valence-electron chi connectivity index (χ1n) is 7.23. The minimum atomic E-state index is 0.212. The maximum Gasteiger partial charge on any atom is 0.240 e. The number of rotatable bonds is 6. The maximum absolute atomic E-state index is 5.24. The Hall–Kier alpha value is -2.41. The molecule has 2 atom stereocenters. The van der Waals surface area contributed by atoms with Crippen LogP contribution in [0.4, 0.5) is 0 Å². The lowest BCUT2D eigenvalue weighted by Gasteiger charge is -2.20. The molecule has 7 nitrogen and oxygen atoms in total. The zero-order valence-electron chi connectivity index (χ0n) is 12.9. The highest BCUT2D eigenvalue weighted by molar-refractivity contribution is 5.51. The van der Waals surface area contributed by atoms with Crippen LogP contribution in [0, 0.1) is 6.92 Å². The van der Waals surface area contributed by atoms with Gasteiger partial charge in [0, 0.05) is 12.2 Å².